The lowest BCUT2D eigenvalue weighted by molar-refractivity contribution is -0.118. The van der Waals surface area contributed by atoms with Crippen LogP contribution in [0.2, 0.25) is 0 Å². The minimum atomic E-state index is -0.304. The Morgan fingerprint density at radius 3 is 2.41 bits per heavy atom. The highest BCUT2D eigenvalue weighted by molar-refractivity contribution is 8.13. The van der Waals surface area contributed by atoms with E-state index >= 15 is 0 Å². The van der Waals surface area contributed by atoms with Crippen LogP contribution in [0.5, 0.6) is 5.75 Å². The average Bonchev–Trinajstić information content (AvgIpc) is 3.53. The lowest BCUT2D eigenvalue weighted by Crippen LogP contribution is -2.20. The van der Waals surface area contributed by atoms with Crippen LogP contribution in [0.25, 0.3) is 0 Å². The largest absolute Gasteiger partial charge is 0.484 e. The maximum absolute atomic E-state index is 12.1. The molecule has 152 valence electrons. The van der Waals surface area contributed by atoms with E-state index in [1.165, 1.54) is 4.90 Å². The molecule has 1 saturated carbocycles. The van der Waals surface area contributed by atoms with Crippen molar-refractivity contribution in [2.24, 2.45) is 5.92 Å². The summed E-state index contributed by atoms with van der Waals surface area (Å²) in [6.45, 7) is -0.157. The van der Waals surface area contributed by atoms with Crippen molar-refractivity contribution in [3.8, 4) is 5.75 Å². The van der Waals surface area contributed by atoms with Crippen LogP contribution in [0.15, 0.2) is 53.4 Å². The molecule has 3 amide bonds. The van der Waals surface area contributed by atoms with E-state index in [0.29, 0.717) is 17.1 Å². The van der Waals surface area contributed by atoms with E-state index in [1.54, 1.807) is 62.6 Å². The second kappa shape index (κ2) is 9.47. The minimum Gasteiger partial charge on any atom is -0.484 e. The van der Waals surface area contributed by atoms with Gasteiger partial charge in [0.15, 0.2) is 6.61 Å². The standard InChI is InChI=1S/C21H23N3O4S/c1-24(2)21(27)29-18-10-8-15(9-11-18)22-19(25)13-28-17-5-3-4-16(12-17)23-20(26)14-6-7-14/h3-5,8-12,14H,6-7,13H2,1-2H3,(H,22,25)(H,23,26). The quantitative estimate of drug-likeness (QED) is 0.674. The number of rotatable bonds is 7. The predicted molar refractivity (Wildman–Crippen MR) is 113 cm³/mol. The fourth-order valence-corrected chi connectivity index (χ4v) is 3.05. The van der Waals surface area contributed by atoms with Gasteiger partial charge in [0.1, 0.15) is 5.75 Å². The molecule has 1 fully saturated rings. The van der Waals surface area contributed by atoms with Gasteiger partial charge in [0.25, 0.3) is 11.1 Å². The molecule has 0 heterocycles. The fourth-order valence-electron chi connectivity index (χ4n) is 2.40. The van der Waals surface area contributed by atoms with Gasteiger partial charge in [0.2, 0.25) is 5.91 Å². The van der Waals surface area contributed by atoms with Crippen molar-refractivity contribution in [3.63, 3.8) is 0 Å². The summed E-state index contributed by atoms with van der Waals surface area (Å²) in [5.41, 5.74) is 1.27. The van der Waals surface area contributed by atoms with Crippen LogP contribution in [0.4, 0.5) is 16.2 Å². The lowest BCUT2D eigenvalue weighted by Gasteiger charge is -2.11. The smallest absolute Gasteiger partial charge is 0.285 e. The molecule has 0 radical (unpaired) electrons. The van der Waals surface area contributed by atoms with Crippen LogP contribution in [-0.2, 0) is 9.59 Å². The summed E-state index contributed by atoms with van der Waals surface area (Å²) in [7, 11) is 3.39. The van der Waals surface area contributed by atoms with Gasteiger partial charge in [-0.2, -0.15) is 0 Å². The number of benzene rings is 2. The summed E-state index contributed by atoms with van der Waals surface area (Å²) in [6, 6.07) is 14.0. The maximum atomic E-state index is 12.1. The summed E-state index contributed by atoms with van der Waals surface area (Å²) in [5, 5.41) is 5.53. The van der Waals surface area contributed by atoms with Crippen LogP contribution in [0.1, 0.15) is 12.8 Å². The molecular weight excluding hydrogens is 390 g/mol. The van der Waals surface area contributed by atoms with Crippen LogP contribution in [-0.4, -0.2) is 42.7 Å². The van der Waals surface area contributed by atoms with Crippen molar-refractivity contribution in [2.45, 2.75) is 17.7 Å². The zero-order valence-corrected chi connectivity index (χ0v) is 17.1. The molecule has 1 aliphatic carbocycles. The Bertz CT molecular complexity index is 895. The van der Waals surface area contributed by atoms with Gasteiger partial charge in [-0.1, -0.05) is 6.07 Å². The van der Waals surface area contributed by atoms with E-state index in [0.717, 1.165) is 29.5 Å². The molecule has 7 nitrogen and oxygen atoms in total. The van der Waals surface area contributed by atoms with Crippen LogP contribution in [0, 0.1) is 5.92 Å². The molecule has 3 rings (SSSR count). The van der Waals surface area contributed by atoms with E-state index in [9.17, 15) is 14.4 Å². The maximum Gasteiger partial charge on any atom is 0.285 e. The molecule has 29 heavy (non-hydrogen) atoms. The van der Waals surface area contributed by atoms with Crippen molar-refractivity contribution in [2.75, 3.05) is 31.3 Å². The van der Waals surface area contributed by atoms with Gasteiger partial charge in [-0.15, -0.1) is 0 Å². The highest BCUT2D eigenvalue weighted by Crippen LogP contribution is 2.30. The van der Waals surface area contributed by atoms with E-state index in [-0.39, 0.29) is 29.6 Å². The Balaban J connectivity index is 1.47. The summed E-state index contributed by atoms with van der Waals surface area (Å²) < 4.78 is 5.52. The third-order valence-electron chi connectivity index (χ3n) is 4.13. The number of carbonyl (C=O) groups excluding carboxylic acids is 3. The van der Waals surface area contributed by atoms with Gasteiger partial charge in [-0.05, 0) is 61.0 Å². The monoisotopic (exact) mass is 413 g/mol. The predicted octanol–water partition coefficient (Wildman–Crippen LogP) is 3.83. The Morgan fingerprint density at radius 2 is 1.76 bits per heavy atom. The molecule has 0 aromatic heterocycles. The molecule has 1 aliphatic rings. The third kappa shape index (κ3) is 6.53. The highest BCUT2D eigenvalue weighted by Gasteiger charge is 2.29. The third-order valence-corrected chi connectivity index (χ3v) is 5.18. The van der Waals surface area contributed by atoms with Crippen molar-refractivity contribution < 1.29 is 19.1 Å². The second-order valence-electron chi connectivity index (χ2n) is 6.91. The highest BCUT2D eigenvalue weighted by atomic mass is 32.2. The van der Waals surface area contributed by atoms with Gasteiger partial charge in [0, 0.05) is 42.3 Å². The van der Waals surface area contributed by atoms with E-state index < -0.39 is 0 Å². The zero-order chi connectivity index (χ0) is 20.8. The van der Waals surface area contributed by atoms with E-state index in [1.807, 2.05) is 0 Å². The molecule has 0 unspecified atom stereocenters. The molecule has 0 atom stereocenters. The molecule has 2 aromatic rings. The number of nitrogens with zero attached hydrogens (tertiary/aromatic N) is 1. The average molecular weight is 413 g/mol. The zero-order valence-electron chi connectivity index (χ0n) is 16.3. The first-order chi connectivity index (χ1) is 13.9. The van der Waals surface area contributed by atoms with Gasteiger partial charge >= 0.3 is 0 Å². The summed E-state index contributed by atoms with van der Waals surface area (Å²) >= 11 is 1.12. The first-order valence-electron chi connectivity index (χ1n) is 9.23. The summed E-state index contributed by atoms with van der Waals surface area (Å²) in [4.78, 5) is 38.0. The lowest BCUT2D eigenvalue weighted by atomic mass is 10.3. The Labute approximate surface area is 173 Å². The molecule has 2 N–H and O–H groups in total. The first-order valence-corrected chi connectivity index (χ1v) is 10.0. The molecular formula is C21H23N3O4S. The molecule has 2 aromatic carbocycles. The first kappa shape index (κ1) is 20.7. The molecule has 8 heteroatoms. The van der Waals surface area contributed by atoms with Crippen molar-refractivity contribution in [1.82, 2.24) is 4.90 Å². The number of carbonyl (C=O) groups is 3. The van der Waals surface area contributed by atoms with E-state index in [4.69, 9.17) is 4.74 Å². The Hall–Kier alpha value is -3.00. The normalized spacial score (nSPS) is 12.8. The van der Waals surface area contributed by atoms with Crippen LogP contribution in [0.3, 0.4) is 0 Å². The van der Waals surface area contributed by atoms with Crippen LogP contribution >= 0.6 is 11.8 Å². The molecule has 0 bridgehead atoms. The minimum absolute atomic E-state index is 0.0220. The number of anilines is 2. The molecule has 0 spiro atoms. The number of nitrogens with one attached hydrogen (secondary N) is 2. The van der Waals surface area contributed by atoms with Crippen molar-refractivity contribution in [1.29, 1.82) is 0 Å². The Kier molecular flexibility index (Phi) is 6.77. The number of amides is 3. The van der Waals surface area contributed by atoms with Crippen molar-refractivity contribution in [3.05, 3.63) is 48.5 Å². The van der Waals surface area contributed by atoms with Crippen molar-refractivity contribution >= 4 is 40.2 Å². The molecule has 0 saturated heterocycles. The number of hydrogen-bond acceptors (Lipinski definition) is 5. The topological polar surface area (TPSA) is 87.7 Å². The number of thioether (sulfide) groups is 1. The van der Waals surface area contributed by atoms with Gasteiger partial charge in [-0.25, -0.2) is 0 Å². The summed E-state index contributed by atoms with van der Waals surface area (Å²) in [5.74, 6) is 0.342. The Morgan fingerprint density at radius 1 is 1.03 bits per heavy atom. The van der Waals surface area contributed by atoms with Gasteiger partial charge < -0.3 is 20.3 Å². The van der Waals surface area contributed by atoms with Crippen LogP contribution < -0.4 is 15.4 Å². The fraction of sp³-hybridized carbons (Fsp3) is 0.286. The number of ether oxygens (including phenoxy) is 1. The number of hydrogen-bond donors (Lipinski definition) is 2. The van der Waals surface area contributed by atoms with Gasteiger partial charge in [0.05, 0.1) is 0 Å². The molecule has 0 aliphatic heterocycles. The summed E-state index contributed by atoms with van der Waals surface area (Å²) in [6.07, 6.45) is 1.88. The SMILES string of the molecule is CN(C)C(=O)Sc1ccc(NC(=O)COc2cccc(NC(=O)C3CC3)c2)cc1. The van der Waals surface area contributed by atoms with E-state index in [2.05, 4.69) is 10.6 Å². The second-order valence-corrected chi connectivity index (χ2v) is 7.94. The van der Waals surface area contributed by atoms with Gasteiger partial charge in [-0.3, -0.25) is 14.4 Å².